The zero-order valence-corrected chi connectivity index (χ0v) is 7.51. The first-order valence-corrected chi connectivity index (χ1v) is 3.67. The largest absolute Gasteiger partial charge is 0.480 e. The number of rotatable bonds is 2. The van der Waals surface area contributed by atoms with Crippen LogP contribution < -0.4 is 15.8 Å². The Balaban J connectivity index is 3.25. The molecule has 0 bridgehead atoms. The number of hydrogen-bond acceptors (Lipinski definition) is 4. The highest BCUT2D eigenvalue weighted by atomic mass is 16.5. The highest BCUT2D eigenvalue weighted by Crippen LogP contribution is 2.28. The molecule has 0 spiro atoms. The summed E-state index contributed by atoms with van der Waals surface area (Å²) in [5, 5.41) is 2.99. The third-order valence-electron chi connectivity index (χ3n) is 1.79. The molecule has 1 rings (SSSR count). The number of ether oxygens (including phenoxy) is 1. The van der Waals surface area contributed by atoms with Gasteiger partial charge in [0, 0.05) is 12.6 Å². The monoisotopic (exact) mass is 167 g/mol. The number of anilines is 2. The van der Waals surface area contributed by atoms with Gasteiger partial charge in [0.05, 0.1) is 19.0 Å². The van der Waals surface area contributed by atoms with E-state index in [9.17, 15) is 0 Å². The minimum atomic E-state index is 0.573. The van der Waals surface area contributed by atoms with Gasteiger partial charge in [-0.25, -0.2) is 4.98 Å². The minimum absolute atomic E-state index is 0.573. The lowest BCUT2D eigenvalue weighted by Gasteiger charge is -2.10. The summed E-state index contributed by atoms with van der Waals surface area (Å²) in [6, 6.07) is 0. The predicted octanol–water partition coefficient (Wildman–Crippen LogP) is 1.02. The molecule has 0 aromatic carbocycles. The molecule has 3 N–H and O–H groups in total. The van der Waals surface area contributed by atoms with Gasteiger partial charge in [0.2, 0.25) is 5.88 Å². The molecule has 0 aliphatic rings. The van der Waals surface area contributed by atoms with Crippen molar-refractivity contribution in [1.82, 2.24) is 4.98 Å². The van der Waals surface area contributed by atoms with Crippen LogP contribution in [0.2, 0.25) is 0 Å². The number of nitrogens with two attached hydrogens (primary N) is 1. The molecule has 0 unspecified atom stereocenters. The molecule has 1 aromatic rings. The van der Waals surface area contributed by atoms with Crippen LogP contribution >= 0.6 is 0 Å². The van der Waals surface area contributed by atoms with Gasteiger partial charge in [-0.1, -0.05) is 0 Å². The third kappa shape index (κ3) is 1.28. The Labute approximate surface area is 71.7 Å². The molecular weight excluding hydrogens is 154 g/mol. The molecule has 0 radical (unpaired) electrons. The van der Waals surface area contributed by atoms with E-state index in [2.05, 4.69) is 10.3 Å². The van der Waals surface area contributed by atoms with Crippen molar-refractivity contribution in [3.05, 3.63) is 11.8 Å². The fraction of sp³-hybridized carbons (Fsp3) is 0.375. The Morgan fingerprint density at radius 2 is 2.25 bits per heavy atom. The first-order valence-electron chi connectivity index (χ1n) is 3.67. The lowest BCUT2D eigenvalue weighted by atomic mass is 10.2. The van der Waals surface area contributed by atoms with Gasteiger partial charge in [0.25, 0.3) is 0 Å². The molecule has 0 fully saturated rings. The summed E-state index contributed by atoms with van der Waals surface area (Å²) < 4.78 is 5.04. The third-order valence-corrected chi connectivity index (χ3v) is 1.79. The Morgan fingerprint density at radius 3 is 2.75 bits per heavy atom. The fourth-order valence-electron chi connectivity index (χ4n) is 1.04. The highest BCUT2D eigenvalue weighted by molar-refractivity contribution is 5.66. The number of nitrogens with zero attached hydrogens (tertiary/aromatic N) is 1. The van der Waals surface area contributed by atoms with Crippen molar-refractivity contribution >= 4 is 11.4 Å². The number of hydrogen-bond donors (Lipinski definition) is 2. The standard InChI is InChI=1S/C8H13N3O/c1-5-6(9)4-11-8(12-3)7(5)10-2/h4,10H,9H2,1-3H3. The summed E-state index contributed by atoms with van der Waals surface area (Å²) in [6.07, 6.45) is 1.59. The van der Waals surface area contributed by atoms with Gasteiger partial charge in [0.15, 0.2) is 0 Å². The van der Waals surface area contributed by atoms with E-state index in [1.165, 1.54) is 0 Å². The molecule has 0 saturated carbocycles. The second-order valence-electron chi connectivity index (χ2n) is 2.47. The van der Waals surface area contributed by atoms with Crippen LogP contribution in [0.4, 0.5) is 11.4 Å². The van der Waals surface area contributed by atoms with E-state index in [0.717, 1.165) is 11.3 Å². The number of aromatic nitrogens is 1. The van der Waals surface area contributed by atoms with Crippen molar-refractivity contribution in [2.75, 3.05) is 25.2 Å². The molecule has 0 saturated heterocycles. The van der Waals surface area contributed by atoms with Crippen LogP contribution in [-0.2, 0) is 0 Å². The number of nitrogens with one attached hydrogen (secondary N) is 1. The molecule has 0 aliphatic carbocycles. The SMILES string of the molecule is CNc1c(OC)ncc(N)c1C. The summed E-state index contributed by atoms with van der Waals surface area (Å²) in [5.74, 6) is 0.573. The van der Waals surface area contributed by atoms with Crippen molar-refractivity contribution in [1.29, 1.82) is 0 Å². The van der Waals surface area contributed by atoms with Gasteiger partial charge in [-0.3, -0.25) is 0 Å². The number of pyridine rings is 1. The number of methoxy groups -OCH3 is 1. The van der Waals surface area contributed by atoms with Crippen molar-refractivity contribution in [2.24, 2.45) is 0 Å². The van der Waals surface area contributed by atoms with Gasteiger partial charge in [-0.05, 0) is 6.92 Å². The van der Waals surface area contributed by atoms with Crippen LogP contribution in [0.5, 0.6) is 5.88 Å². The lowest BCUT2D eigenvalue weighted by molar-refractivity contribution is 0.400. The van der Waals surface area contributed by atoms with E-state index in [0.29, 0.717) is 11.6 Å². The zero-order chi connectivity index (χ0) is 9.14. The second-order valence-corrected chi connectivity index (χ2v) is 2.47. The van der Waals surface area contributed by atoms with Crippen molar-refractivity contribution in [3.8, 4) is 5.88 Å². The summed E-state index contributed by atoms with van der Waals surface area (Å²) in [4.78, 5) is 4.02. The Hall–Kier alpha value is -1.45. The van der Waals surface area contributed by atoms with E-state index < -0.39 is 0 Å². The second kappa shape index (κ2) is 3.30. The molecule has 4 nitrogen and oxygen atoms in total. The normalized spacial score (nSPS) is 9.58. The maximum atomic E-state index is 5.66. The van der Waals surface area contributed by atoms with E-state index in [1.54, 1.807) is 13.3 Å². The van der Waals surface area contributed by atoms with Gasteiger partial charge < -0.3 is 15.8 Å². The molecule has 66 valence electrons. The zero-order valence-electron chi connectivity index (χ0n) is 7.51. The van der Waals surface area contributed by atoms with Crippen molar-refractivity contribution < 1.29 is 4.74 Å². The lowest BCUT2D eigenvalue weighted by Crippen LogP contribution is -2.01. The van der Waals surface area contributed by atoms with E-state index >= 15 is 0 Å². The maximum Gasteiger partial charge on any atom is 0.237 e. The molecule has 0 amide bonds. The van der Waals surface area contributed by atoms with E-state index in [1.807, 2.05) is 14.0 Å². The molecule has 0 atom stereocenters. The van der Waals surface area contributed by atoms with Gasteiger partial charge in [0.1, 0.15) is 5.69 Å². The van der Waals surface area contributed by atoms with Gasteiger partial charge in [-0.2, -0.15) is 0 Å². The average molecular weight is 167 g/mol. The van der Waals surface area contributed by atoms with E-state index in [-0.39, 0.29) is 0 Å². The quantitative estimate of drug-likeness (QED) is 0.690. The Bertz CT molecular complexity index is 286. The summed E-state index contributed by atoms with van der Waals surface area (Å²) >= 11 is 0. The molecule has 4 heteroatoms. The van der Waals surface area contributed by atoms with Crippen LogP contribution in [-0.4, -0.2) is 19.1 Å². The summed E-state index contributed by atoms with van der Waals surface area (Å²) in [6.45, 7) is 1.92. The fourth-order valence-corrected chi connectivity index (χ4v) is 1.04. The van der Waals surface area contributed by atoms with Crippen molar-refractivity contribution in [2.45, 2.75) is 6.92 Å². The van der Waals surface area contributed by atoms with E-state index in [4.69, 9.17) is 10.5 Å². The van der Waals surface area contributed by atoms with Crippen LogP contribution in [0, 0.1) is 6.92 Å². The smallest absolute Gasteiger partial charge is 0.237 e. The summed E-state index contributed by atoms with van der Waals surface area (Å²) in [5.41, 5.74) is 8.14. The average Bonchev–Trinajstić information content (AvgIpc) is 2.09. The molecule has 12 heavy (non-hydrogen) atoms. The Morgan fingerprint density at radius 1 is 1.58 bits per heavy atom. The van der Waals surface area contributed by atoms with Gasteiger partial charge >= 0.3 is 0 Å². The molecular formula is C8H13N3O. The first-order chi connectivity index (χ1) is 5.70. The maximum absolute atomic E-state index is 5.66. The van der Waals surface area contributed by atoms with Gasteiger partial charge in [-0.15, -0.1) is 0 Å². The molecule has 0 aliphatic heterocycles. The topological polar surface area (TPSA) is 60.2 Å². The van der Waals surface area contributed by atoms with Crippen LogP contribution in [0.3, 0.4) is 0 Å². The predicted molar refractivity (Wildman–Crippen MR) is 49.5 cm³/mol. The first kappa shape index (κ1) is 8.64. The van der Waals surface area contributed by atoms with Crippen molar-refractivity contribution in [3.63, 3.8) is 0 Å². The highest BCUT2D eigenvalue weighted by Gasteiger charge is 2.07. The molecule has 1 aromatic heterocycles. The Kier molecular flexibility index (Phi) is 2.38. The minimum Gasteiger partial charge on any atom is -0.480 e. The van der Waals surface area contributed by atoms with Crippen LogP contribution in [0.1, 0.15) is 5.56 Å². The van der Waals surface area contributed by atoms with Crippen LogP contribution in [0.15, 0.2) is 6.20 Å². The molecule has 1 heterocycles. The number of nitrogen functional groups attached to an aromatic ring is 1. The summed E-state index contributed by atoms with van der Waals surface area (Å²) in [7, 11) is 3.39. The van der Waals surface area contributed by atoms with Crippen LogP contribution in [0.25, 0.3) is 0 Å².